The summed E-state index contributed by atoms with van der Waals surface area (Å²) in [6.45, 7) is -0.475. The number of aliphatic hydroxyl groups is 1. The summed E-state index contributed by atoms with van der Waals surface area (Å²) < 4.78 is 24.6. The van der Waals surface area contributed by atoms with Gasteiger partial charge in [0.05, 0.1) is 17.2 Å². The quantitative estimate of drug-likeness (QED) is 0.712. The largest absolute Gasteiger partial charge is 0.399 e. The lowest BCUT2D eigenvalue weighted by Crippen LogP contribution is -2.03. The number of anilines is 2. The third-order valence-corrected chi connectivity index (χ3v) is 5.51. The first-order valence-electron chi connectivity index (χ1n) is 4.92. The third kappa shape index (κ3) is 2.17. The number of nitrogen functional groups attached to an aromatic ring is 2. The van der Waals surface area contributed by atoms with Gasteiger partial charge < -0.3 is 16.6 Å². The number of nitrogens with two attached hydrogens (primary N) is 2. The molecule has 8 heteroatoms. The SMILES string of the molecule is Nc1ccc(S(=O)(=O)c2sc(N)nc2CO)cc1. The molecule has 0 aliphatic heterocycles. The van der Waals surface area contributed by atoms with Crippen molar-refractivity contribution in [1.29, 1.82) is 0 Å². The molecule has 1 aromatic carbocycles. The Morgan fingerprint density at radius 3 is 2.39 bits per heavy atom. The molecule has 96 valence electrons. The summed E-state index contributed by atoms with van der Waals surface area (Å²) in [4.78, 5) is 3.87. The molecular formula is C10H11N3O3S2. The molecule has 0 fully saturated rings. The number of sulfone groups is 1. The summed E-state index contributed by atoms with van der Waals surface area (Å²) in [6, 6.07) is 5.80. The van der Waals surface area contributed by atoms with Crippen molar-refractivity contribution in [3.63, 3.8) is 0 Å². The van der Waals surface area contributed by atoms with Gasteiger partial charge in [0, 0.05) is 5.69 Å². The lowest BCUT2D eigenvalue weighted by molar-refractivity contribution is 0.274. The van der Waals surface area contributed by atoms with Crippen LogP contribution in [0, 0.1) is 0 Å². The molecule has 0 atom stereocenters. The molecule has 2 rings (SSSR count). The van der Waals surface area contributed by atoms with Gasteiger partial charge in [0.1, 0.15) is 0 Å². The lowest BCUT2D eigenvalue weighted by Gasteiger charge is -2.03. The maximum absolute atomic E-state index is 12.3. The summed E-state index contributed by atoms with van der Waals surface area (Å²) in [5, 5.41) is 9.19. The Labute approximate surface area is 108 Å². The van der Waals surface area contributed by atoms with E-state index in [1.807, 2.05) is 0 Å². The predicted molar refractivity (Wildman–Crippen MR) is 68.8 cm³/mol. The molecule has 0 saturated carbocycles. The molecule has 0 saturated heterocycles. The first-order chi connectivity index (χ1) is 8.45. The summed E-state index contributed by atoms with van der Waals surface area (Å²) >= 11 is 0.832. The summed E-state index contributed by atoms with van der Waals surface area (Å²) in [7, 11) is -3.72. The molecule has 0 radical (unpaired) electrons. The summed E-state index contributed by atoms with van der Waals surface area (Å²) in [6.07, 6.45) is 0. The second-order valence-electron chi connectivity index (χ2n) is 3.52. The monoisotopic (exact) mass is 285 g/mol. The topological polar surface area (TPSA) is 119 Å². The average Bonchev–Trinajstić information content (AvgIpc) is 2.72. The molecule has 0 amide bonds. The van der Waals surface area contributed by atoms with Crippen molar-refractivity contribution < 1.29 is 13.5 Å². The smallest absolute Gasteiger partial charge is 0.218 e. The molecule has 0 unspecified atom stereocenters. The van der Waals surface area contributed by atoms with Crippen molar-refractivity contribution in [3.8, 4) is 0 Å². The number of aromatic nitrogens is 1. The minimum Gasteiger partial charge on any atom is -0.399 e. The number of rotatable bonds is 3. The average molecular weight is 285 g/mol. The van der Waals surface area contributed by atoms with Gasteiger partial charge in [0.2, 0.25) is 9.84 Å². The van der Waals surface area contributed by atoms with Crippen molar-refractivity contribution in [2.45, 2.75) is 15.7 Å². The highest BCUT2D eigenvalue weighted by Gasteiger charge is 2.25. The van der Waals surface area contributed by atoms with E-state index in [0.717, 1.165) is 11.3 Å². The minimum absolute atomic E-state index is 0.0349. The van der Waals surface area contributed by atoms with Crippen molar-refractivity contribution in [1.82, 2.24) is 4.98 Å². The highest BCUT2D eigenvalue weighted by atomic mass is 32.2. The van der Waals surface area contributed by atoms with Crippen molar-refractivity contribution in [2.24, 2.45) is 0 Å². The number of aliphatic hydroxyl groups excluding tert-OH is 1. The fourth-order valence-corrected chi connectivity index (χ4v) is 4.11. The van der Waals surface area contributed by atoms with Gasteiger partial charge in [-0.2, -0.15) is 0 Å². The second kappa shape index (κ2) is 4.56. The highest BCUT2D eigenvalue weighted by molar-refractivity contribution is 7.93. The van der Waals surface area contributed by atoms with Crippen LogP contribution in [-0.2, 0) is 16.4 Å². The number of hydrogen-bond donors (Lipinski definition) is 3. The Balaban J connectivity index is 2.57. The van der Waals surface area contributed by atoms with Crippen molar-refractivity contribution in [2.75, 3.05) is 11.5 Å². The molecule has 0 spiro atoms. The maximum Gasteiger partial charge on any atom is 0.218 e. The maximum atomic E-state index is 12.3. The van der Waals surface area contributed by atoms with Gasteiger partial charge in [-0.25, -0.2) is 13.4 Å². The molecule has 2 aromatic rings. The molecule has 18 heavy (non-hydrogen) atoms. The molecule has 1 aromatic heterocycles. The number of hydrogen-bond acceptors (Lipinski definition) is 7. The number of thiazole rings is 1. The standard InChI is InChI=1S/C10H11N3O3S2/c11-6-1-3-7(4-2-6)18(15,16)9-8(5-14)13-10(12)17-9/h1-4,14H,5,11H2,(H2,12,13). The zero-order chi connectivity index (χ0) is 13.3. The Morgan fingerprint density at radius 2 is 1.83 bits per heavy atom. The summed E-state index contributed by atoms with van der Waals surface area (Å²) in [5.74, 6) is 0. The molecule has 5 N–H and O–H groups in total. The van der Waals surface area contributed by atoms with E-state index < -0.39 is 16.4 Å². The predicted octanol–water partition coefficient (Wildman–Crippen LogP) is 0.633. The van der Waals surface area contributed by atoms with E-state index in [4.69, 9.17) is 16.6 Å². The molecule has 0 bridgehead atoms. The van der Waals surface area contributed by atoms with Crippen LogP contribution in [0.5, 0.6) is 0 Å². The van der Waals surface area contributed by atoms with Gasteiger partial charge in [-0.05, 0) is 24.3 Å². The third-order valence-electron chi connectivity index (χ3n) is 2.26. The number of nitrogens with zero attached hydrogens (tertiary/aromatic N) is 1. The Morgan fingerprint density at radius 1 is 1.22 bits per heavy atom. The van der Waals surface area contributed by atoms with Gasteiger partial charge in [-0.3, -0.25) is 0 Å². The van der Waals surface area contributed by atoms with E-state index >= 15 is 0 Å². The van der Waals surface area contributed by atoms with E-state index in [1.54, 1.807) is 0 Å². The molecule has 1 heterocycles. The van der Waals surface area contributed by atoms with E-state index in [1.165, 1.54) is 24.3 Å². The first-order valence-corrected chi connectivity index (χ1v) is 7.22. The Bertz CT molecular complexity index is 662. The van der Waals surface area contributed by atoms with Crippen LogP contribution in [0.1, 0.15) is 5.69 Å². The number of benzene rings is 1. The summed E-state index contributed by atoms with van der Waals surface area (Å²) in [5.41, 5.74) is 11.5. The van der Waals surface area contributed by atoms with E-state index in [2.05, 4.69) is 4.98 Å². The van der Waals surface area contributed by atoms with E-state index in [-0.39, 0.29) is 19.9 Å². The van der Waals surface area contributed by atoms with Gasteiger partial charge >= 0.3 is 0 Å². The highest BCUT2D eigenvalue weighted by Crippen LogP contribution is 2.31. The van der Waals surface area contributed by atoms with Crippen LogP contribution in [-0.4, -0.2) is 18.5 Å². The Kier molecular flexibility index (Phi) is 3.24. The lowest BCUT2D eigenvalue weighted by atomic mass is 10.3. The van der Waals surface area contributed by atoms with Gasteiger partial charge in [0.15, 0.2) is 9.34 Å². The van der Waals surface area contributed by atoms with Gasteiger partial charge in [-0.15, -0.1) is 0 Å². The van der Waals surface area contributed by atoms with Crippen LogP contribution in [0.4, 0.5) is 10.8 Å². The van der Waals surface area contributed by atoms with Gasteiger partial charge in [-0.1, -0.05) is 11.3 Å². The molecule has 0 aliphatic rings. The normalized spacial score (nSPS) is 11.6. The molecule has 0 aliphatic carbocycles. The van der Waals surface area contributed by atoms with Crippen LogP contribution in [0.3, 0.4) is 0 Å². The molecular weight excluding hydrogens is 274 g/mol. The zero-order valence-electron chi connectivity index (χ0n) is 9.20. The first kappa shape index (κ1) is 12.8. The van der Waals surface area contributed by atoms with Crippen molar-refractivity contribution >= 4 is 32.0 Å². The zero-order valence-corrected chi connectivity index (χ0v) is 10.8. The van der Waals surface area contributed by atoms with Crippen LogP contribution in [0.25, 0.3) is 0 Å². The molecule has 6 nitrogen and oxygen atoms in total. The fourth-order valence-electron chi connectivity index (χ4n) is 1.42. The minimum atomic E-state index is -3.72. The second-order valence-corrected chi connectivity index (χ2v) is 6.69. The Hall–Kier alpha value is -1.64. The van der Waals surface area contributed by atoms with Crippen molar-refractivity contribution in [3.05, 3.63) is 30.0 Å². The fraction of sp³-hybridized carbons (Fsp3) is 0.100. The van der Waals surface area contributed by atoms with Crippen LogP contribution < -0.4 is 11.5 Å². The van der Waals surface area contributed by atoms with Crippen LogP contribution in [0.15, 0.2) is 33.4 Å². The van der Waals surface area contributed by atoms with Crippen LogP contribution >= 0.6 is 11.3 Å². The van der Waals surface area contributed by atoms with E-state index in [0.29, 0.717) is 5.69 Å². The van der Waals surface area contributed by atoms with E-state index in [9.17, 15) is 8.42 Å². The van der Waals surface area contributed by atoms with Gasteiger partial charge in [0.25, 0.3) is 0 Å². The van der Waals surface area contributed by atoms with Crippen LogP contribution in [0.2, 0.25) is 0 Å².